The van der Waals surface area contributed by atoms with E-state index < -0.39 is 55.0 Å². The minimum Gasteiger partial charge on any atom is -0.388 e. The van der Waals surface area contributed by atoms with Crippen LogP contribution in [0.3, 0.4) is 0 Å². The molecule has 9 heteroatoms. The van der Waals surface area contributed by atoms with Crippen molar-refractivity contribution in [2.24, 2.45) is 0 Å². The molecular weight excluding hydrogens is 420 g/mol. The van der Waals surface area contributed by atoms with Crippen LogP contribution in [0.25, 0.3) is 0 Å². The Morgan fingerprint density at radius 2 is 1.53 bits per heavy atom. The molecule has 1 aromatic rings. The Labute approximate surface area is 188 Å². The minimum atomic E-state index is -1.20. The number of aliphatic hydroxyl groups is 2. The summed E-state index contributed by atoms with van der Waals surface area (Å²) in [6.45, 7) is 7.46. The molecule has 3 aliphatic rings. The van der Waals surface area contributed by atoms with Gasteiger partial charge in [-0.15, -0.1) is 0 Å². The van der Waals surface area contributed by atoms with Crippen molar-refractivity contribution in [3.05, 3.63) is 35.9 Å². The van der Waals surface area contributed by atoms with Gasteiger partial charge in [0.2, 0.25) is 0 Å². The van der Waals surface area contributed by atoms with E-state index in [1.807, 2.05) is 51.1 Å². The third kappa shape index (κ3) is 4.86. The van der Waals surface area contributed by atoms with E-state index in [0.717, 1.165) is 5.56 Å². The number of hydrogen-bond acceptors (Lipinski definition) is 9. The van der Waals surface area contributed by atoms with E-state index in [2.05, 4.69) is 0 Å². The highest BCUT2D eigenvalue weighted by Gasteiger charge is 2.57. The molecule has 180 valence electrons. The van der Waals surface area contributed by atoms with Gasteiger partial charge < -0.3 is 43.4 Å². The van der Waals surface area contributed by atoms with E-state index in [1.165, 1.54) is 7.11 Å². The number of hydrogen-bond donors (Lipinski definition) is 2. The van der Waals surface area contributed by atoms with E-state index in [0.29, 0.717) is 0 Å². The Kier molecular flexibility index (Phi) is 7.21. The summed E-state index contributed by atoms with van der Waals surface area (Å²) >= 11 is 0. The number of benzene rings is 1. The third-order valence-electron chi connectivity index (χ3n) is 6.16. The maximum atomic E-state index is 10.8. The van der Waals surface area contributed by atoms with Crippen molar-refractivity contribution in [1.82, 2.24) is 0 Å². The second-order valence-electron chi connectivity index (χ2n) is 9.06. The Morgan fingerprint density at radius 3 is 2.22 bits per heavy atom. The second-order valence-corrected chi connectivity index (χ2v) is 9.06. The summed E-state index contributed by atoms with van der Waals surface area (Å²) in [5.41, 5.74) is 0.922. The van der Waals surface area contributed by atoms with Gasteiger partial charge >= 0.3 is 0 Å². The first-order chi connectivity index (χ1) is 15.2. The van der Waals surface area contributed by atoms with E-state index in [-0.39, 0.29) is 18.8 Å². The predicted molar refractivity (Wildman–Crippen MR) is 111 cm³/mol. The monoisotopic (exact) mass is 454 g/mol. The van der Waals surface area contributed by atoms with Crippen LogP contribution in [-0.4, -0.2) is 84.5 Å². The summed E-state index contributed by atoms with van der Waals surface area (Å²) in [5, 5.41) is 21.2. The lowest BCUT2D eigenvalue weighted by Gasteiger charge is -2.46. The molecular formula is C23H34O9. The fraction of sp³-hybridized carbons (Fsp3) is 0.739. The molecule has 9 nitrogen and oxygen atoms in total. The Balaban J connectivity index is 1.54. The smallest absolute Gasteiger partial charge is 0.187 e. The van der Waals surface area contributed by atoms with E-state index >= 15 is 0 Å². The summed E-state index contributed by atoms with van der Waals surface area (Å²) in [6, 6.07) is 9.55. The van der Waals surface area contributed by atoms with Gasteiger partial charge in [-0.05, 0) is 33.3 Å². The van der Waals surface area contributed by atoms with Gasteiger partial charge in [0.15, 0.2) is 18.4 Å². The number of ether oxygens (including phenoxy) is 7. The van der Waals surface area contributed by atoms with Crippen LogP contribution in [0, 0.1) is 0 Å². The highest BCUT2D eigenvalue weighted by molar-refractivity contribution is 5.13. The lowest BCUT2D eigenvalue weighted by atomic mass is 9.98. The highest BCUT2D eigenvalue weighted by Crippen LogP contribution is 2.40. The predicted octanol–water partition coefficient (Wildman–Crippen LogP) is 1.33. The maximum Gasteiger partial charge on any atom is 0.187 e. The van der Waals surface area contributed by atoms with Crippen LogP contribution in [0.15, 0.2) is 30.3 Å². The van der Waals surface area contributed by atoms with Crippen LogP contribution in [0.2, 0.25) is 0 Å². The van der Waals surface area contributed by atoms with E-state index in [4.69, 9.17) is 33.2 Å². The molecule has 0 aliphatic carbocycles. The molecule has 1 aromatic carbocycles. The van der Waals surface area contributed by atoms with E-state index in [1.54, 1.807) is 6.92 Å². The minimum absolute atomic E-state index is 0.220. The van der Waals surface area contributed by atoms with Gasteiger partial charge in [-0.25, -0.2) is 0 Å². The highest BCUT2D eigenvalue weighted by atomic mass is 16.8. The summed E-state index contributed by atoms with van der Waals surface area (Å²) in [6.07, 6.45) is -7.45. The molecule has 0 amide bonds. The first kappa shape index (κ1) is 24.0. The number of aliphatic hydroxyl groups excluding tert-OH is 2. The standard InChI is InChI=1S/C23H34O9/c1-12-15(24)16(25)18(27-11-14-9-7-6-8-10-14)22(28-12)30-20-19-17(31-23(3,4)32-19)13(2)29-21(20)26-5/h6-10,12-13,15-22,24-25H,11H2,1-5H3/t12-,13-,15-,16-,17+,18-,19+,20+,21+,22-/m1/s1. The number of methoxy groups -OCH3 is 1. The zero-order valence-corrected chi connectivity index (χ0v) is 19.1. The molecule has 4 rings (SSSR count). The second kappa shape index (κ2) is 9.61. The average molecular weight is 455 g/mol. The molecule has 10 atom stereocenters. The summed E-state index contributed by atoms with van der Waals surface area (Å²) < 4.78 is 41.9. The SMILES string of the molecule is CO[C@H]1O[C@H](C)[C@@H]2OC(C)(C)O[C@@H]2[C@@H]1O[C@H]1O[C@H](C)[C@@H](O)[C@@H](O)[C@H]1OCc1ccccc1. The van der Waals surface area contributed by atoms with Crippen LogP contribution in [0.1, 0.15) is 33.3 Å². The molecule has 3 aliphatic heterocycles. The van der Waals surface area contributed by atoms with Gasteiger partial charge in [0, 0.05) is 7.11 Å². The van der Waals surface area contributed by atoms with Gasteiger partial charge in [0.25, 0.3) is 0 Å². The molecule has 3 saturated heterocycles. The van der Waals surface area contributed by atoms with Crippen LogP contribution >= 0.6 is 0 Å². The fourth-order valence-electron chi connectivity index (χ4n) is 4.50. The summed E-state index contributed by atoms with van der Waals surface area (Å²) in [4.78, 5) is 0. The largest absolute Gasteiger partial charge is 0.388 e. The third-order valence-corrected chi connectivity index (χ3v) is 6.16. The number of fused-ring (bicyclic) bond motifs is 1. The summed E-state index contributed by atoms with van der Waals surface area (Å²) in [7, 11) is 1.53. The number of rotatable bonds is 6. The van der Waals surface area contributed by atoms with Crippen molar-refractivity contribution in [1.29, 1.82) is 0 Å². The summed E-state index contributed by atoms with van der Waals surface area (Å²) in [5.74, 6) is -0.809. The van der Waals surface area contributed by atoms with Gasteiger partial charge in [-0.2, -0.15) is 0 Å². The topological polar surface area (TPSA) is 105 Å². The molecule has 0 unspecified atom stereocenters. The molecule has 0 aromatic heterocycles. The molecule has 2 N–H and O–H groups in total. The van der Waals surface area contributed by atoms with Crippen molar-refractivity contribution in [2.45, 2.75) is 102 Å². The molecule has 0 bridgehead atoms. The molecule has 0 radical (unpaired) electrons. The zero-order chi connectivity index (χ0) is 23.0. The Hall–Kier alpha value is -1.14. The van der Waals surface area contributed by atoms with Crippen LogP contribution < -0.4 is 0 Å². The first-order valence-electron chi connectivity index (χ1n) is 11.1. The van der Waals surface area contributed by atoms with Gasteiger partial charge in [-0.1, -0.05) is 30.3 Å². The van der Waals surface area contributed by atoms with Gasteiger partial charge in [0.1, 0.15) is 36.6 Å². The van der Waals surface area contributed by atoms with Crippen molar-refractivity contribution >= 4 is 0 Å². The lowest BCUT2D eigenvalue weighted by Crippen LogP contribution is -2.63. The van der Waals surface area contributed by atoms with E-state index in [9.17, 15) is 10.2 Å². The molecule has 0 saturated carbocycles. The first-order valence-corrected chi connectivity index (χ1v) is 11.1. The molecule has 32 heavy (non-hydrogen) atoms. The maximum absolute atomic E-state index is 10.8. The fourth-order valence-corrected chi connectivity index (χ4v) is 4.50. The Bertz CT molecular complexity index is 744. The van der Waals surface area contributed by atoms with Crippen LogP contribution in [0.5, 0.6) is 0 Å². The molecule has 3 heterocycles. The molecule has 3 fully saturated rings. The van der Waals surface area contributed by atoms with Crippen molar-refractivity contribution in [3.8, 4) is 0 Å². The van der Waals surface area contributed by atoms with Gasteiger partial charge in [-0.3, -0.25) is 0 Å². The zero-order valence-electron chi connectivity index (χ0n) is 19.1. The lowest BCUT2D eigenvalue weighted by molar-refractivity contribution is -0.356. The van der Waals surface area contributed by atoms with Crippen LogP contribution in [0.4, 0.5) is 0 Å². The molecule has 0 spiro atoms. The normalized spacial score (nSPS) is 43.7. The van der Waals surface area contributed by atoms with Crippen LogP contribution in [-0.2, 0) is 39.8 Å². The average Bonchev–Trinajstić information content (AvgIpc) is 3.10. The quantitative estimate of drug-likeness (QED) is 0.659. The van der Waals surface area contributed by atoms with Gasteiger partial charge in [0.05, 0.1) is 18.8 Å². The van der Waals surface area contributed by atoms with Crippen molar-refractivity contribution in [3.63, 3.8) is 0 Å². The van der Waals surface area contributed by atoms with Crippen molar-refractivity contribution < 1.29 is 43.4 Å². The van der Waals surface area contributed by atoms with Crippen molar-refractivity contribution in [2.75, 3.05) is 7.11 Å². The Morgan fingerprint density at radius 1 is 0.875 bits per heavy atom.